The number of aryl methyl sites for hydroxylation is 1. The van der Waals surface area contributed by atoms with Crippen molar-refractivity contribution >= 4 is 36.5 Å². The highest BCUT2D eigenvalue weighted by Gasteiger charge is 2.38. The average Bonchev–Trinajstić information content (AvgIpc) is 2.52. The fraction of sp³-hybridized carbons (Fsp3) is 0.600. The molecule has 132 valence electrons. The molecule has 6 nitrogen and oxygen atoms in total. The number of hydrogen-bond acceptors (Lipinski definition) is 5. The number of pyridine rings is 1. The van der Waals surface area contributed by atoms with E-state index < -0.39 is 5.41 Å². The minimum atomic E-state index is -0.458. The molecule has 0 saturated carbocycles. The van der Waals surface area contributed by atoms with Gasteiger partial charge in [0.25, 0.3) is 0 Å². The van der Waals surface area contributed by atoms with E-state index in [-0.39, 0.29) is 30.7 Å². The second kappa shape index (κ2) is 10.6. The molecular weight excluding hydrogens is 339 g/mol. The SMILES string of the molecule is Cc1cccc(NCCNC(=O)C2(CN)CCOCC2)n1.Cl.Cl. The first-order valence-corrected chi connectivity index (χ1v) is 7.40. The molecule has 2 rings (SSSR count). The second-order valence-electron chi connectivity index (χ2n) is 5.44. The van der Waals surface area contributed by atoms with Crippen LogP contribution in [-0.4, -0.2) is 43.7 Å². The first kappa shape index (κ1) is 21.9. The zero-order chi connectivity index (χ0) is 15.1. The van der Waals surface area contributed by atoms with Crippen LogP contribution in [0.1, 0.15) is 18.5 Å². The molecule has 1 saturated heterocycles. The number of ether oxygens (including phenoxy) is 1. The number of nitrogens with zero attached hydrogens (tertiary/aromatic N) is 1. The van der Waals surface area contributed by atoms with Crippen LogP contribution in [0.4, 0.5) is 5.82 Å². The molecular formula is C15H26Cl2N4O2. The molecule has 1 aromatic rings. The molecule has 1 fully saturated rings. The van der Waals surface area contributed by atoms with E-state index in [0.29, 0.717) is 45.7 Å². The van der Waals surface area contributed by atoms with Gasteiger partial charge in [0.2, 0.25) is 5.91 Å². The molecule has 1 aromatic heterocycles. The van der Waals surface area contributed by atoms with Gasteiger partial charge in [-0.3, -0.25) is 4.79 Å². The van der Waals surface area contributed by atoms with E-state index >= 15 is 0 Å². The van der Waals surface area contributed by atoms with Gasteiger partial charge in [0, 0.05) is 38.5 Å². The van der Waals surface area contributed by atoms with E-state index in [0.717, 1.165) is 11.5 Å². The fourth-order valence-electron chi connectivity index (χ4n) is 2.48. The molecule has 4 N–H and O–H groups in total. The molecule has 1 amide bonds. The summed E-state index contributed by atoms with van der Waals surface area (Å²) >= 11 is 0. The van der Waals surface area contributed by atoms with Gasteiger partial charge in [0.1, 0.15) is 5.82 Å². The van der Waals surface area contributed by atoms with E-state index in [1.54, 1.807) is 0 Å². The molecule has 23 heavy (non-hydrogen) atoms. The zero-order valence-corrected chi connectivity index (χ0v) is 15.0. The highest BCUT2D eigenvalue weighted by Crippen LogP contribution is 2.29. The van der Waals surface area contributed by atoms with Crippen LogP contribution in [0.2, 0.25) is 0 Å². The quantitative estimate of drug-likeness (QED) is 0.665. The molecule has 0 aliphatic carbocycles. The Labute approximate surface area is 149 Å². The van der Waals surface area contributed by atoms with Gasteiger partial charge in [-0.25, -0.2) is 4.98 Å². The van der Waals surface area contributed by atoms with Crippen molar-refractivity contribution in [2.24, 2.45) is 11.1 Å². The summed E-state index contributed by atoms with van der Waals surface area (Å²) in [5, 5.41) is 6.16. The average molecular weight is 365 g/mol. The Bertz CT molecular complexity index is 482. The van der Waals surface area contributed by atoms with Gasteiger partial charge >= 0.3 is 0 Å². The summed E-state index contributed by atoms with van der Waals surface area (Å²) in [6.07, 6.45) is 1.39. The first-order chi connectivity index (χ1) is 10.2. The van der Waals surface area contributed by atoms with Crippen molar-refractivity contribution in [1.29, 1.82) is 0 Å². The van der Waals surface area contributed by atoms with Crippen molar-refractivity contribution < 1.29 is 9.53 Å². The van der Waals surface area contributed by atoms with Crippen molar-refractivity contribution in [2.75, 3.05) is 38.2 Å². The van der Waals surface area contributed by atoms with Gasteiger partial charge in [-0.1, -0.05) is 6.07 Å². The summed E-state index contributed by atoms with van der Waals surface area (Å²) in [5.41, 5.74) is 6.32. The highest BCUT2D eigenvalue weighted by molar-refractivity contribution is 5.85. The van der Waals surface area contributed by atoms with Crippen molar-refractivity contribution in [3.8, 4) is 0 Å². The number of nitrogens with one attached hydrogen (secondary N) is 2. The van der Waals surface area contributed by atoms with Crippen LogP contribution in [0.15, 0.2) is 18.2 Å². The van der Waals surface area contributed by atoms with Crippen LogP contribution in [-0.2, 0) is 9.53 Å². The molecule has 0 unspecified atom stereocenters. The van der Waals surface area contributed by atoms with Crippen LogP contribution >= 0.6 is 24.8 Å². The minimum absolute atomic E-state index is 0. The van der Waals surface area contributed by atoms with E-state index in [1.807, 2.05) is 25.1 Å². The topological polar surface area (TPSA) is 89.3 Å². The maximum absolute atomic E-state index is 12.3. The summed E-state index contributed by atoms with van der Waals surface area (Å²) in [7, 11) is 0. The Balaban J connectivity index is 0.00000242. The van der Waals surface area contributed by atoms with E-state index in [9.17, 15) is 4.79 Å². The number of aromatic nitrogens is 1. The summed E-state index contributed by atoms with van der Waals surface area (Å²) in [6, 6.07) is 5.81. The summed E-state index contributed by atoms with van der Waals surface area (Å²) in [5.74, 6) is 0.858. The van der Waals surface area contributed by atoms with Crippen LogP contribution in [0.25, 0.3) is 0 Å². The maximum Gasteiger partial charge on any atom is 0.227 e. The van der Waals surface area contributed by atoms with E-state index in [4.69, 9.17) is 10.5 Å². The number of carbonyl (C=O) groups is 1. The Hall–Kier alpha value is -1.08. The van der Waals surface area contributed by atoms with Gasteiger partial charge < -0.3 is 21.1 Å². The largest absolute Gasteiger partial charge is 0.381 e. The molecule has 0 aromatic carbocycles. The number of carbonyl (C=O) groups excluding carboxylic acids is 1. The molecule has 1 aliphatic heterocycles. The maximum atomic E-state index is 12.3. The molecule has 8 heteroatoms. The Kier molecular flexibility index (Phi) is 10.1. The van der Waals surface area contributed by atoms with Crippen molar-refractivity contribution in [1.82, 2.24) is 10.3 Å². The molecule has 1 aliphatic rings. The lowest BCUT2D eigenvalue weighted by Crippen LogP contribution is -2.50. The number of rotatable bonds is 6. The normalized spacial score (nSPS) is 15.7. The highest BCUT2D eigenvalue weighted by atomic mass is 35.5. The van der Waals surface area contributed by atoms with Crippen molar-refractivity contribution in [3.05, 3.63) is 23.9 Å². The third-order valence-electron chi connectivity index (χ3n) is 3.93. The Morgan fingerprint density at radius 3 is 2.61 bits per heavy atom. The van der Waals surface area contributed by atoms with Crippen LogP contribution in [0.5, 0.6) is 0 Å². The third kappa shape index (κ3) is 6.14. The number of nitrogens with two attached hydrogens (primary N) is 1. The fourth-order valence-corrected chi connectivity index (χ4v) is 2.48. The number of halogens is 2. The van der Waals surface area contributed by atoms with E-state index in [1.165, 1.54) is 0 Å². The smallest absolute Gasteiger partial charge is 0.227 e. The van der Waals surface area contributed by atoms with Gasteiger partial charge in [-0.2, -0.15) is 0 Å². The third-order valence-corrected chi connectivity index (χ3v) is 3.93. The van der Waals surface area contributed by atoms with Gasteiger partial charge in [-0.05, 0) is 31.9 Å². The summed E-state index contributed by atoms with van der Waals surface area (Å²) in [6.45, 7) is 4.72. The van der Waals surface area contributed by atoms with Crippen LogP contribution in [0.3, 0.4) is 0 Å². The standard InChI is InChI=1S/C15H24N4O2.2ClH/c1-12-3-2-4-13(19-12)17-7-8-18-14(20)15(11-16)5-9-21-10-6-15;;/h2-4H,5-11,16H2,1H3,(H,17,19)(H,18,20);2*1H. The molecule has 0 radical (unpaired) electrons. The minimum Gasteiger partial charge on any atom is -0.381 e. The lowest BCUT2D eigenvalue weighted by Gasteiger charge is -2.34. The lowest BCUT2D eigenvalue weighted by molar-refractivity contribution is -0.135. The Morgan fingerprint density at radius 1 is 1.30 bits per heavy atom. The molecule has 0 atom stereocenters. The first-order valence-electron chi connectivity index (χ1n) is 7.40. The number of amides is 1. The summed E-state index contributed by atoms with van der Waals surface area (Å²) in [4.78, 5) is 16.7. The molecule has 2 heterocycles. The molecule has 0 bridgehead atoms. The van der Waals surface area contributed by atoms with Gasteiger partial charge in [0.15, 0.2) is 0 Å². The molecule has 0 spiro atoms. The van der Waals surface area contributed by atoms with Crippen LogP contribution < -0.4 is 16.4 Å². The zero-order valence-electron chi connectivity index (χ0n) is 13.3. The Morgan fingerprint density at radius 2 is 2.00 bits per heavy atom. The van der Waals surface area contributed by atoms with Crippen LogP contribution in [0, 0.1) is 12.3 Å². The predicted molar refractivity (Wildman–Crippen MR) is 96.5 cm³/mol. The summed E-state index contributed by atoms with van der Waals surface area (Å²) < 4.78 is 5.32. The second-order valence-corrected chi connectivity index (χ2v) is 5.44. The van der Waals surface area contributed by atoms with Gasteiger partial charge in [-0.15, -0.1) is 24.8 Å². The lowest BCUT2D eigenvalue weighted by atomic mass is 9.79. The van der Waals surface area contributed by atoms with Gasteiger partial charge in [0.05, 0.1) is 5.41 Å². The number of hydrogen-bond donors (Lipinski definition) is 3. The van der Waals surface area contributed by atoms with Crippen molar-refractivity contribution in [2.45, 2.75) is 19.8 Å². The monoisotopic (exact) mass is 364 g/mol. The predicted octanol–water partition coefficient (Wildman–Crippen LogP) is 1.52. The van der Waals surface area contributed by atoms with Crippen molar-refractivity contribution in [3.63, 3.8) is 0 Å². The van der Waals surface area contributed by atoms with E-state index in [2.05, 4.69) is 15.6 Å². The number of anilines is 1.